The maximum atomic E-state index is 12.4. The van der Waals surface area contributed by atoms with Gasteiger partial charge < -0.3 is 5.32 Å². The summed E-state index contributed by atoms with van der Waals surface area (Å²) in [7, 11) is -3.03. The lowest BCUT2D eigenvalue weighted by molar-refractivity contribution is -0.384. The van der Waals surface area contributed by atoms with Gasteiger partial charge in [-0.15, -0.1) is 0 Å². The minimum Gasteiger partial charge on any atom is -0.335 e. The van der Waals surface area contributed by atoms with E-state index in [1.165, 1.54) is 24.3 Å². The third kappa shape index (κ3) is 3.94. The van der Waals surface area contributed by atoms with E-state index in [0.29, 0.717) is 0 Å². The van der Waals surface area contributed by atoms with Gasteiger partial charge in [0.2, 0.25) is 0 Å². The first-order valence-electron chi connectivity index (χ1n) is 6.58. The standard InChI is InChI=1S/C13H17N3O4S/c1-21(20,12-8-6-11(7-9-12)16(18)19)15-13(17)14-10-4-2-3-5-10/h6-10H,1-5H2,(H2,14,15,17,20). The molecule has 21 heavy (non-hydrogen) atoms. The lowest BCUT2D eigenvalue weighted by Crippen LogP contribution is -2.43. The summed E-state index contributed by atoms with van der Waals surface area (Å²) in [5, 5.41) is 13.3. The van der Waals surface area contributed by atoms with Crippen molar-refractivity contribution < 1.29 is 13.9 Å². The number of nitro groups is 1. The molecule has 1 aliphatic carbocycles. The third-order valence-corrected chi connectivity index (χ3v) is 4.93. The molecule has 1 saturated carbocycles. The Balaban J connectivity index is 2.03. The van der Waals surface area contributed by atoms with Crippen LogP contribution in [-0.4, -0.2) is 27.1 Å². The van der Waals surface area contributed by atoms with Gasteiger partial charge in [-0.25, -0.2) is 9.00 Å². The second-order valence-corrected chi connectivity index (χ2v) is 7.01. The van der Waals surface area contributed by atoms with Gasteiger partial charge in [-0.3, -0.25) is 14.8 Å². The summed E-state index contributed by atoms with van der Waals surface area (Å²) in [4.78, 5) is 22.1. The highest BCUT2D eigenvalue weighted by atomic mass is 32.2. The van der Waals surface area contributed by atoms with Crippen LogP contribution in [0.3, 0.4) is 0 Å². The van der Waals surface area contributed by atoms with Crippen LogP contribution in [-0.2, 0) is 9.71 Å². The third-order valence-electron chi connectivity index (χ3n) is 3.38. The first-order valence-corrected chi connectivity index (χ1v) is 8.31. The molecule has 114 valence electrons. The van der Waals surface area contributed by atoms with Gasteiger partial charge in [-0.2, -0.15) is 0 Å². The van der Waals surface area contributed by atoms with Crippen molar-refractivity contribution >= 4 is 27.3 Å². The van der Waals surface area contributed by atoms with Crippen LogP contribution in [0.2, 0.25) is 0 Å². The fourth-order valence-corrected chi connectivity index (χ4v) is 3.33. The molecule has 1 aromatic carbocycles. The number of carbonyl (C=O) groups is 1. The fourth-order valence-electron chi connectivity index (χ4n) is 2.28. The van der Waals surface area contributed by atoms with Gasteiger partial charge in [0.15, 0.2) is 0 Å². The Bertz CT molecular complexity index is 634. The van der Waals surface area contributed by atoms with Gasteiger partial charge in [0.05, 0.1) is 19.5 Å². The number of hydrogen-bond acceptors (Lipinski definition) is 4. The van der Waals surface area contributed by atoms with Crippen molar-refractivity contribution in [1.29, 1.82) is 0 Å². The molecule has 0 radical (unpaired) electrons. The van der Waals surface area contributed by atoms with Gasteiger partial charge in [0.1, 0.15) is 0 Å². The number of rotatable bonds is 4. The molecule has 0 aromatic heterocycles. The van der Waals surface area contributed by atoms with Crippen molar-refractivity contribution in [2.24, 2.45) is 0 Å². The molecule has 0 bridgehead atoms. The molecule has 2 rings (SSSR count). The minimum atomic E-state index is -3.03. The van der Waals surface area contributed by atoms with Crippen LogP contribution in [0.15, 0.2) is 29.2 Å². The zero-order valence-electron chi connectivity index (χ0n) is 11.4. The van der Waals surface area contributed by atoms with Crippen LogP contribution in [0.1, 0.15) is 25.7 Å². The smallest absolute Gasteiger partial charge is 0.326 e. The van der Waals surface area contributed by atoms with E-state index in [-0.39, 0.29) is 16.6 Å². The van der Waals surface area contributed by atoms with Crippen molar-refractivity contribution in [2.45, 2.75) is 36.6 Å². The summed E-state index contributed by atoms with van der Waals surface area (Å²) in [5.74, 6) is 3.52. The van der Waals surface area contributed by atoms with Crippen molar-refractivity contribution in [3.8, 4) is 0 Å². The molecule has 0 aliphatic heterocycles. The predicted molar refractivity (Wildman–Crippen MR) is 80.5 cm³/mol. The number of urea groups is 1. The molecule has 0 spiro atoms. The summed E-state index contributed by atoms with van der Waals surface area (Å²) in [6, 6.07) is 4.72. The molecule has 0 heterocycles. The summed E-state index contributed by atoms with van der Waals surface area (Å²) in [6.45, 7) is 0. The Labute approximate surface area is 123 Å². The predicted octanol–water partition coefficient (Wildman–Crippen LogP) is 1.83. The average Bonchev–Trinajstić information content (AvgIpc) is 2.90. The Morgan fingerprint density at radius 2 is 1.86 bits per heavy atom. The van der Waals surface area contributed by atoms with Gasteiger partial charge in [-0.1, -0.05) is 12.8 Å². The summed E-state index contributed by atoms with van der Waals surface area (Å²) < 4.78 is 14.7. The number of nitrogens with one attached hydrogen (secondary N) is 2. The van der Waals surface area contributed by atoms with E-state index in [2.05, 4.69) is 15.9 Å². The molecule has 1 unspecified atom stereocenters. The van der Waals surface area contributed by atoms with E-state index in [4.69, 9.17) is 0 Å². The highest BCUT2D eigenvalue weighted by Crippen LogP contribution is 2.18. The normalized spacial score (nSPS) is 17.9. The zero-order valence-corrected chi connectivity index (χ0v) is 12.2. The van der Waals surface area contributed by atoms with Crippen LogP contribution >= 0.6 is 0 Å². The lowest BCUT2D eigenvalue weighted by Gasteiger charge is -2.15. The molecule has 1 aliphatic rings. The SMILES string of the molecule is C=S(=O)(NC(=O)NC1CCCC1)c1ccc([N+](=O)[O-])cc1. The largest absolute Gasteiger partial charge is 0.335 e. The molecule has 0 saturated heterocycles. The Hall–Kier alpha value is -2.09. The number of nitro benzene ring substituents is 1. The maximum absolute atomic E-state index is 12.4. The van der Waals surface area contributed by atoms with Crippen molar-refractivity contribution in [2.75, 3.05) is 0 Å². The van der Waals surface area contributed by atoms with Crippen molar-refractivity contribution in [3.05, 3.63) is 34.4 Å². The molecule has 7 nitrogen and oxygen atoms in total. The van der Waals surface area contributed by atoms with E-state index in [1.54, 1.807) is 0 Å². The first kappa shape index (κ1) is 15.3. The molecule has 8 heteroatoms. The van der Waals surface area contributed by atoms with Crippen LogP contribution in [0.25, 0.3) is 0 Å². The number of benzene rings is 1. The minimum absolute atomic E-state index is 0.107. The summed E-state index contributed by atoms with van der Waals surface area (Å²) in [5.41, 5.74) is -0.107. The first-order chi connectivity index (χ1) is 9.88. The van der Waals surface area contributed by atoms with Gasteiger partial charge in [0.25, 0.3) is 5.69 Å². The number of non-ortho nitro benzene ring substituents is 1. The Kier molecular flexibility index (Phi) is 4.46. The summed E-state index contributed by atoms with van der Waals surface area (Å²) >= 11 is 0. The average molecular weight is 311 g/mol. The van der Waals surface area contributed by atoms with E-state index >= 15 is 0 Å². The van der Waals surface area contributed by atoms with E-state index in [0.717, 1.165) is 25.7 Å². The van der Waals surface area contributed by atoms with E-state index < -0.39 is 20.7 Å². The quantitative estimate of drug-likeness (QED) is 0.503. The van der Waals surface area contributed by atoms with Gasteiger partial charge in [-0.05, 0) is 30.8 Å². The zero-order chi connectivity index (χ0) is 15.5. The number of hydrogen-bond donors (Lipinski definition) is 2. The highest BCUT2D eigenvalue weighted by Gasteiger charge is 2.19. The van der Waals surface area contributed by atoms with Gasteiger partial charge in [0, 0.05) is 18.2 Å². The Morgan fingerprint density at radius 1 is 1.29 bits per heavy atom. The van der Waals surface area contributed by atoms with E-state index in [9.17, 15) is 19.1 Å². The van der Waals surface area contributed by atoms with Crippen LogP contribution in [0.5, 0.6) is 0 Å². The Morgan fingerprint density at radius 3 is 2.38 bits per heavy atom. The molecule has 2 N–H and O–H groups in total. The van der Waals surface area contributed by atoms with Crippen molar-refractivity contribution in [3.63, 3.8) is 0 Å². The molecule has 1 aromatic rings. The second kappa shape index (κ2) is 6.13. The van der Waals surface area contributed by atoms with E-state index in [1.807, 2.05) is 0 Å². The maximum Gasteiger partial charge on any atom is 0.326 e. The van der Waals surface area contributed by atoms with Crippen molar-refractivity contribution in [1.82, 2.24) is 10.0 Å². The van der Waals surface area contributed by atoms with Crippen LogP contribution in [0, 0.1) is 10.1 Å². The monoisotopic (exact) mass is 311 g/mol. The van der Waals surface area contributed by atoms with Gasteiger partial charge >= 0.3 is 6.03 Å². The molecule has 2 amide bonds. The molecular weight excluding hydrogens is 294 g/mol. The molecule has 1 atom stereocenters. The topological polar surface area (TPSA) is 101 Å². The highest BCUT2D eigenvalue weighted by molar-refractivity contribution is 7.99. The van der Waals surface area contributed by atoms with Crippen LogP contribution in [0.4, 0.5) is 10.5 Å². The lowest BCUT2D eigenvalue weighted by atomic mass is 10.3. The fraction of sp³-hybridized carbons (Fsp3) is 0.385. The second-order valence-electron chi connectivity index (χ2n) is 4.98. The molecular formula is C13H17N3O4S. The van der Waals surface area contributed by atoms with Crippen LogP contribution < -0.4 is 10.0 Å². The number of carbonyl (C=O) groups excluding carboxylic acids is 1. The number of nitrogens with zero attached hydrogens (tertiary/aromatic N) is 1. The number of amides is 2. The summed E-state index contributed by atoms with van der Waals surface area (Å²) in [6.07, 6.45) is 3.99. The molecule has 1 fully saturated rings.